The lowest BCUT2D eigenvalue weighted by Crippen LogP contribution is -2.54. The highest BCUT2D eigenvalue weighted by atomic mass is 35.5. The lowest BCUT2D eigenvalue weighted by atomic mass is 10.2. The zero-order valence-corrected chi connectivity index (χ0v) is 18.8. The average Bonchev–Trinajstić information content (AvgIpc) is 2.77. The second-order valence-corrected chi connectivity index (χ2v) is 9.77. The minimum Gasteiger partial charge on any atom is -0.437 e. The van der Waals surface area contributed by atoms with Crippen LogP contribution in [0.3, 0.4) is 0 Å². The van der Waals surface area contributed by atoms with Gasteiger partial charge in [-0.15, -0.1) is 0 Å². The second kappa shape index (κ2) is 8.82. The normalized spacial score (nSPS) is 17.5. The van der Waals surface area contributed by atoms with Crippen molar-refractivity contribution in [3.63, 3.8) is 0 Å². The molecule has 2 aromatic carbocycles. The Morgan fingerprint density at radius 2 is 1.84 bits per heavy atom. The van der Waals surface area contributed by atoms with Crippen LogP contribution in [0, 0.1) is 6.92 Å². The van der Waals surface area contributed by atoms with Gasteiger partial charge in [0.1, 0.15) is 17.9 Å². The molecule has 0 amide bonds. The van der Waals surface area contributed by atoms with Gasteiger partial charge in [0.25, 0.3) is 0 Å². The monoisotopic (exact) mass is 458 g/mol. The summed E-state index contributed by atoms with van der Waals surface area (Å²) in [5, 5.41) is 0.499. The van der Waals surface area contributed by atoms with E-state index in [2.05, 4.69) is 9.97 Å². The molecule has 0 spiro atoms. The SMILES string of the molecule is Cc1ccc(Cl)c(Oc2cc(N3CCN(S(=O)(=O)c4ccccc4)C(C)C3)ncn2)c1. The van der Waals surface area contributed by atoms with Gasteiger partial charge in [-0.2, -0.15) is 4.31 Å². The van der Waals surface area contributed by atoms with Crippen LogP contribution in [-0.4, -0.2) is 48.4 Å². The number of anilines is 1. The molecule has 1 aromatic heterocycles. The van der Waals surface area contributed by atoms with Crippen molar-refractivity contribution in [1.29, 1.82) is 0 Å². The number of rotatable bonds is 5. The third-order valence-electron chi connectivity index (χ3n) is 5.17. The van der Waals surface area contributed by atoms with Crippen LogP contribution >= 0.6 is 11.6 Å². The molecule has 0 bridgehead atoms. The van der Waals surface area contributed by atoms with E-state index in [1.54, 1.807) is 46.8 Å². The van der Waals surface area contributed by atoms with Gasteiger partial charge in [0, 0.05) is 31.7 Å². The number of nitrogens with zero attached hydrogens (tertiary/aromatic N) is 4. The Kier molecular flexibility index (Phi) is 6.13. The number of ether oxygens (including phenoxy) is 1. The fourth-order valence-corrected chi connectivity index (χ4v) is 5.38. The Labute approximate surface area is 187 Å². The van der Waals surface area contributed by atoms with Crippen molar-refractivity contribution in [3.05, 3.63) is 71.5 Å². The number of aromatic nitrogens is 2. The smallest absolute Gasteiger partial charge is 0.243 e. The van der Waals surface area contributed by atoms with Crippen molar-refractivity contribution in [3.8, 4) is 11.6 Å². The summed E-state index contributed by atoms with van der Waals surface area (Å²) in [5.74, 6) is 1.58. The minimum atomic E-state index is -3.54. The molecule has 9 heteroatoms. The molecule has 31 heavy (non-hydrogen) atoms. The zero-order chi connectivity index (χ0) is 22.0. The van der Waals surface area contributed by atoms with Crippen LogP contribution in [0.5, 0.6) is 11.6 Å². The lowest BCUT2D eigenvalue weighted by Gasteiger charge is -2.39. The van der Waals surface area contributed by atoms with E-state index in [1.165, 1.54) is 6.33 Å². The first kappa shape index (κ1) is 21.5. The van der Waals surface area contributed by atoms with E-state index in [0.717, 1.165) is 5.56 Å². The van der Waals surface area contributed by atoms with E-state index in [9.17, 15) is 8.42 Å². The molecule has 0 radical (unpaired) electrons. The molecule has 1 fully saturated rings. The van der Waals surface area contributed by atoms with E-state index >= 15 is 0 Å². The van der Waals surface area contributed by atoms with Crippen LogP contribution in [-0.2, 0) is 10.0 Å². The maximum atomic E-state index is 13.0. The predicted molar refractivity (Wildman–Crippen MR) is 120 cm³/mol. The van der Waals surface area contributed by atoms with Gasteiger partial charge < -0.3 is 9.64 Å². The highest BCUT2D eigenvalue weighted by molar-refractivity contribution is 7.89. The number of sulfonamides is 1. The van der Waals surface area contributed by atoms with Gasteiger partial charge in [-0.25, -0.2) is 18.4 Å². The van der Waals surface area contributed by atoms with Crippen molar-refractivity contribution in [2.75, 3.05) is 24.5 Å². The van der Waals surface area contributed by atoms with Crippen molar-refractivity contribution < 1.29 is 13.2 Å². The molecule has 1 aliphatic heterocycles. The highest BCUT2D eigenvalue weighted by Gasteiger charge is 2.34. The summed E-state index contributed by atoms with van der Waals surface area (Å²) >= 11 is 6.22. The van der Waals surface area contributed by atoms with Crippen molar-refractivity contribution in [2.24, 2.45) is 0 Å². The topological polar surface area (TPSA) is 75.6 Å². The number of piperazine rings is 1. The molecule has 2 heterocycles. The maximum absolute atomic E-state index is 13.0. The fraction of sp³-hybridized carbons (Fsp3) is 0.273. The summed E-state index contributed by atoms with van der Waals surface area (Å²) in [4.78, 5) is 10.9. The Hall–Kier alpha value is -2.68. The summed E-state index contributed by atoms with van der Waals surface area (Å²) in [6, 6.07) is 15.6. The molecule has 162 valence electrons. The third-order valence-corrected chi connectivity index (χ3v) is 7.51. The highest BCUT2D eigenvalue weighted by Crippen LogP contribution is 2.31. The number of halogens is 1. The summed E-state index contributed by atoms with van der Waals surface area (Å²) in [7, 11) is -3.54. The molecular formula is C22H23ClN4O3S. The van der Waals surface area contributed by atoms with Crippen LogP contribution in [0.15, 0.2) is 65.8 Å². The zero-order valence-electron chi connectivity index (χ0n) is 17.3. The standard InChI is InChI=1S/C22H23ClN4O3S/c1-16-8-9-19(23)20(12-16)30-22-13-21(24-15-25-22)26-10-11-27(17(2)14-26)31(28,29)18-6-4-3-5-7-18/h3-9,12-13,15,17H,10-11,14H2,1-2H3. The van der Waals surface area contributed by atoms with Crippen molar-refractivity contribution >= 4 is 27.4 Å². The molecule has 7 nitrogen and oxygen atoms in total. The van der Waals surface area contributed by atoms with Crippen LogP contribution < -0.4 is 9.64 Å². The van der Waals surface area contributed by atoms with E-state index < -0.39 is 10.0 Å². The van der Waals surface area contributed by atoms with Crippen LogP contribution in [0.2, 0.25) is 5.02 Å². The van der Waals surface area contributed by atoms with E-state index in [-0.39, 0.29) is 6.04 Å². The fourth-order valence-electron chi connectivity index (χ4n) is 3.59. The van der Waals surface area contributed by atoms with Crippen molar-refractivity contribution in [1.82, 2.24) is 14.3 Å². The number of hydrogen-bond acceptors (Lipinski definition) is 6. The van der Waals surface area contributed by atoms with Gasteiger partial charge in [0.2, 0.25) is 15.9 Å². The first-order chi connectivity index (χ1) is 14.8. The quantitative estimate of drug-likeness (QED) is 0.572. The molecule has 1 aliphatic rings. The molecule has 0 aliphatic carbocycles. The molecule has 4 rings (SSSR count). The Bertz CT molecular complexity index is 1170. The average molecular weight is 459 g/mol. The van der Waals surface area contributed by atoms with Gasteiger partial charge in [-0.3, -0.25) is 0 Å². The molecule has 0 saturated carbocycles. The second-order valence-electron chi connectivity index (χ2n) is 7.47. The first-order valence-corrected chi connectivity index (χ1v) is 11.7. The minimum absolute atomic E-state index is 0.218. The molecular weight excluding hydrogens is 436 g/mol. The van der Waals surface area contributed by atoms with E-state index in [4.69, 9.17) is 16.3 Å². The van der Waals surface area contributed by atoms with Crippen LogP contribution in [0.4, 0.5) is 5.82 Å². The summed E-state index contributed by atoms with van der Waals surface area (Å²) in [6.07, 6.45) is 1.44. The number of aryl methyl sites for hydroxylation is 1. The molecule has 3 aromatic rings. The van der Waals surface area contributed by atoms with Gasteiger partial charge in [0.15, 0.2) is 0 Å². The Balaban J connectivity index is 1.50. The Morgan fingerprint density at radius 3 is 2.58 bits per heavy atom. The Morgan fingerprint density at radius 1 is 1.06 bits per heavy atom. The van der Waals surface area contributed by atoms with Gasteiger partial charge >= 0.3 is 0 Å². The van der Waals surface area contributed by atoms with Gasteiger partial charge in [-0.05, 0) is 43.7 Å². The molecule has 0 N–H and O–H groups in total. The van der Waals surface area contributed by atoms with Crippen LogP contribution in [0.25, 0.3) is 0 Å². The van der Waals surface area contributed by atoms with E-state index in [0.29, 0.717) is 47.0 Å². The largest absolute Gasteiger partial charge is 0.437 e. The number of hydrogen-bond donors (Lipinski definition) is 0. The first-order valence-electron chi connectivity index (χ1n) is 9.92. The molecule has 1 unspecified atom stereocenters. The third kappa shape index (κ3) is 4.66. The summed E-state index contributed by atoms with van der Waals surface area (Å²) < 4.78 is 33.4. The predicted octanol–water partition coefficient (Wildman–Crippen LogP) is 4.13. The van der Waals surface area contributed by atoms with Crippen molar-refractivity contribution in [2.45, 2.75) is 24.8 Å². The van der Waals surface area contributed by atoms with E-state index in [1.807, 2.05) is 30.9 Å². The number of benzene rings is 2. The summed E-state index contributed by atoms with van der Waals surface area (Å²) in [5.41, 5.74) is 1.03. The molecule has 1 saturated heterocycles. The van der Waals surface area contributed by atoms with Gasteiger partial charge in [0.05, 0.1) is 9.92 Å². The van der Waals surface area contributed by atoms with Gasteiger partial charge in [-0.1, -0.05) is 35.9 Å². The summed E-state index contributed by atoms with van der Waals surface area (Å²) in [6.45, 7) is 5.24. The maximum Gasteiger partial charge on any atom is 0.243 e. The lowest BCUT2D eigenvalue weighted by molar-refractivity contribution is 0.305. The van der Waals surface area contributed by atoms with Crippen LogP contribution in [0.1, 0.15) is 12.5 Å². The molecule has 1 atom stereocenters.